The molecule has 0 aliphatic heterocycles. The van der Waals surface area contributed by atoms with E-state index in [1.165, 1.54) is 0 Å². The van der Waals surface area contributed by atoms with Crippen LogP contribution in [0.2, 0.25) is 0 Å². The predicted octanol–water partition coefficient (Wildman–Crippen LogP) is 4.14. The van der Waals surface area contributed by atoms with E-state index in [4.69, 9.17) is 4.74 Å². The van der Waals surface area contributed by atoms with Crippen LogP contribution in [-0.2, 0) is 4.74 Å². The minimum absolute atomic E-state index is 0.0417. The highest BCUT2D eigenvalue weighted by molar-refractivity contribution is 4.99. The molecule has 0 heterocycles. The highest BCUT2D eigenvalue weighted by Crippen LogP contribution is 2.02. The lowest BCUT2D eigenvalue weighted by atomic mass is 10.2. The standard InChI is InChI=1S/C6H6.C5H12O.C2H6/c1-2-4-6-5-3-1;1-5(2,3)6-4;1-2/h1-6H;1-4H3;1-2H3. The molecular formula is C13H24O. The van der Waals surface area contributed by atoms with Gasteiger partial charge in [-0.3, -0.25) is 0 Å². The van der Waals surface area contributed by atoms with Crippen molar-refractivity contribution in [1.82, 2.24) is 0 Å². The van der Waals surface area contributed by atoms with E-state index in [2.05, 4.69) is 0 Å². The quantitative estimate of drug-likeness (QED) is 0.606. The average Bonchev–Trinajstić information content (AvgIpc) is 2.23. The molecule has 0 N–H and O–H groups in total. The summed E-state index contributed by atoms with van der Waals surface area (Å²) in [6, 6.07) is 12.0. The van der Waals surface area contributed by atoms with Gasteiger partial charge in [-0.2, -0.15) is 0 Å². The lowest BCUT2D eigenvalue weighted by molar-refractivity contribution is 0.0397. The summed E-state index contributed by atoms with van der Waals surface area (Å²) in [5.74, 6) is 0. The Morgan fingerprint density at radius 2 is 0.857 bits per heavy atom. The fourth-order valence-corrected chi connectivity index (χ4v) is 0.385. The molecule has 0 amide bonds. The zero-order chi connectivity index (χ0) is 11.4. The molecule has 0 saturated carbocycles. The van der Waals surface area contributed by atoms with Crippen LogP contribution in [0.5, 0.6) is 0 Å². The van der Waals surface area contributed by atoms with E-state index in [1.807, 2.05) is 71.0 Å². The van der Waals surface area contributed by atoms with Gasteiger partial charge in [0.25, 0.3) is 0 Å². The minimum atomic E-state index is 0.0417. The third-order valence-corrected chi connectivity index (χ3v) is 1.28. The maximum Gasteiger partial charge on any atom is 0.0594 e. The van der Waals surface area contributed by atoms with Gasteiger partial charge in [-0.05, 0) is 20.8 Å². The molecule has 1 heteroatoms. The van der Waals surface area contributed by atoms with Gasteiger partial charge in [0.2, 0.25) is 0 Å². The van der Waals surface area contributed by atoms with Crippen molar-refractivity contribution in [1.29, 1.82) is 0 Å². The monoisotopic (exact) mass is 196 g/mol. The molecule has 1 aromatic carbocycles. The maximum absolute atomic E-state index is 4.94. The summed E-state index contributed by atoms with van der Waals surface area (Å²) in [7, 11) is 1.71. The van der Waals surface area contributed by atoms with Crippen LogP contribution in [0.1, 0.15) is 34.6 Å². The van der Waals surface area contributed by atoms with E-state index in [9.17, 15) is 0 Å². The van der Waals surface area contributed by atoms with Crippen molar-refractivity contribution in [2.24, 2.45) is 0 Å². The van der Waals surface area contributed by atoms with Crippen molar-refractivity contribution in [3.63, 3.8) is 0 Å². The normalized spacial score (nSPS) is 9.00. The SMILES string of the molecule is CC.COC(C)(C)C.c1ccccc1. The topological polar surface area (TPSA) is 9.23 Å². The Kier molecular flexibility index (Phi) is 11.5. The molecule has 82 valence electrons. The zero-order valence-corrected chi connectivity index (χ0v) is 10.4. The van der Waals surface area contributed by atoms with Crippen LogP contribution < -0.4 is 0 Å². The second-order valence-corrected chi connectivity index (χ2v) is 3.47. The molecule has 0 atom stereocenters. The van der Waals surface area contributed by atoms with Gasteiger partial charge in [-0.1, -0.05) is 50.2 Å². The molecular weight excluding hydrogens is 172 g/mol. The van der Waals surface area contributed by atoms with Crippen molar-refractivity contribution in [3.8, 4) is 0 Å². The summed E-state index contributed by atoms with van der Waals surface area (Å²) in [6.45, 7) is 10.1. The summed E-state index contributed by atoms with van der Waals surface area (Å²) in [5, 5.41) is 0. The summed E-state index contributed by atoms with van der Waals surface area (Å²) in [5.41, 5.74) is 0.0417. The molecule has 1 nitrogen and oxygen atoms in total. The first kappa shape index (κ1) is 15.6. The molecule has 0 spiro atoms. The average molecular weight is 196 g/mol. The van der Waals surface area contributed by atoms with Crippen LogP contribution >= 0.6 is 0 Å². The number of ether oxygens (including phenoxy) is 1. The molecule has 0 fully saturated rings. The predicted molar refractivity (Wildman–Crippen MR) is 64.6 cm³/mol. The summed E-state index contributed by atoms with van der Waals surface area (Å²) in [4.78, 5) is 0. The molecule has 1 aromatic rings. The largest absolute Gasteiger partial charge is 0.379 e. The Balaban J connectivity index is 0. The van der Waals surface area contributed by atoms with Crippen molar-refractivity contribution in [2.75, 3.05) is 7.11 Å². The smallest absolute Gasteiger partial charge is 0.0594 e. The zero-order valence-electron chi connectivity index (χ0n) is 10.4. The van der Waals surface area contributed by atoms with E-state index in [0.717, 1.165) is 0 Å². The van der Waals surface area contributed by atoms with Gasteiger partial charge in [-0.15, -0.1) is 0 Å². The first-order valence-corrected chi connectivity index (χ1v) is 5.11. The first-order chi connectivity index (χ1) is 6.56. The molecule has 0 bridgehead atoms. The first-order valence-electron chi connectivity index (χ1n) is 5.11. The molecule has 0 unspecified atom stereocenters. The second-order valence-electron chi connectivity index (χ2n) is 3.47. The lowest BCUT2D eigenvalue weighted by Gasteiger charge is -2.14. The molecule has 1 rings (SSSR count). The Hall–Kier alpha value is -0.820. The number of benzene rings is 1. The maximum atomic E-state index is 4.94. The molecule has 0 aromatic heterocycles. The van der Waals surface area contributed by atoms with Gasteiger partial charge in [0.1, 0.15) is 0 Å². The lowest BCUT2D eigenvalue weighted by Crippen LogP contribution is -2.15. The Morgan fingerprint density at radius 3 is 0.929 bits per heavy atom. The molecule has 0 aliphatic rings. The number of hydrogen-bond acceptors (Lipinski definition) is 1. The minimum Gasteiger partial charge on any atom is -0.379 e. The number of hydrogen-bond donors (Lipinski definition) is 0. The van der Waals surface area contributed by atoms with Crippen molar-refractivity contribution < 1.29 is 4.74 Å². The van der Waals surface area contributed by atoms with E-state index in [-0.39, 0.29) is 5.60 Å². The third kappa shape index (κ3) is 17.3. The highest BCUT2D eigenvalue weighted by Gasteiger charge is 2.03. The Labute approximate surface area is 89.1 Å². The Bertz CT molecular complexity index is 147. The number of methoxy groups -OCH3 is 1. The molecule has 14 heavy (non-hydrogen) atoms. The summed E-state index contributed by atoms with van der Waals surface area (Å²) >= 11 is 0. The third-order valence-electron chi connectivity index (χ3n) is 1.28. The van der Waals surface area contributed by atoms with Gasteiger partial charge in [0.05, 0.1) is 5.60 Å². The van der Waals surface area contributed by atoms with Gasteiger partial charge < -0.3 is 4.74 Å². The van der Waals surface area contributed by atoms with E-state index >= 15 is 0 Å². The van der Waals surface area contributed by atoms with Gasteiger partial charge >= 0.3 is 0 Å². The number of rotatable bonds is 0. The fraction of sp³-hybridized carbons (Fsp3) is 0.538. The van der Waals surface area contributed by atoms with Gasteiger partial charge in [0, 0.05) is 7.11 Å². The van der Waals surface area contributed by atoms with Crippen LogP contribution in [0.15, 0.2) is 36.4 Å². The molecule has 0 aliphatic carbocycles. The van der Waals surface area contributed by atoms with Crippen LogP contribution in [0.4, 0.5) is 0 Å². The second kappa shape index (κ2) is 10.3. The summed E-state index contributed by atoms with van der Waals surface area (Å²) in [6.07, 6.45) is 0. The fourth-order valence-electron chi connectivity index (χ4n) is 0.385. The molecule has 0 saturated heterocycles. The Morgan fingerprint density at radius 1 is 0.714 bits per heavy atom. The van der Waals surface area contributed by atoms with Crippen molar-refractivity contribution in [3.05, 3.63) is 36.4 Å². The van der Waals surface area contributed by atoms with Gasteiger partial charge in [0.15, 0.2) is 0 Å². The van der Waals surface area contributed by atoms with E-state index in [1.54, 1.807) is 7.11 Å². The molecule has 0 radical (unpaired) electrons. The van der Waals surface area contributed by atoms with Crippen LogP contribution in [0.3, 0.4) is 0 Å². The van der Waals surface area contributed by atoms with Crippen LogP contribution in [0.25, 0.3) is 0 Å². The van der Waals surface area contributed by atoms with E-state index in [0.29, 0.717) is 0 Å². The van der Waals surface area contributed by atoms with Crippen LogP contribution in [-0.4, -0.2) is 12.7 Å². The summed E-state index contributed by atoms with van der Waals surface area (Å²) < 4.78 is 4.94. The van der Waals surface area contributed by atoms with Crippen LogP contribution in [0, 0.1) is 0 Å². The van der Waals surface area contributed by atoms with E-state index < -0.39 is 0 Å². The van der Waals surface area contributed by atoms with Crippen molar-refractivity contribution in [2.45, 2.75) is 40.2 Å². The highest BCUT2D eigenvalue weighted by atomic mass is 16.5. The van der Waals surface area contributed by atoms with Crippen molar-refractivity contribution >= 4 is 0 Å². The van der Waals surface area contributed by atoms with Gasteiger partial charge in [-0.25, -0.2) is 0 Å².